The van der Waals surface area contributed by atoms with E-state index in [1.165, 1.54) is 16.7 Å². The number of hydrogen-bond donors (Lipinski definition) is 0. The van der Waals surface area contributed by atoms with E-state index in [9.17, 15) is 0 Å². The Hall–Kier alpha value is -2.57. The summed E-state index contributed by atoms with van der Waals surface area (Å²) < 4.78 is 1.88. The van der Waals surface area contributed by atoms with E-state index in [1.807, 2.05) is 17.6 Å². The maximum atomic E-state index is 5.80. The van der Waals surface area contributed by atoms with Gasteiger partial charge in [0, 0.05) is 12.4 Å². The first-order chi connectivity index (χ1) is 10.6. The van der Waals surface area contributed by atoms with E-state index in [2.05, 4.69) is 41.0 Å². The van der Waals surface area contributed by atoms with E-state index < -0.39 is 0 Å². The predicted molar refractivity (Wildman–Crippen MR) is 89.2 cm³/mol. The molecule has 2 aromatic rings. The van der Waals surface area contributed by atoms with Gasteiger partial charge in [0.15, 0.2) is 0 Å². The van der Waals surface area contributed by atoms with Crippen LogP contribution < -0.4 is 0 Å². The highest BCUT2D eigenvalue weighted by atomic mass is 35.5. The van der Waals surface area contributed by atoms with Gasteiger partial charge in [-0.25, -0.2) is 9.97 Å². The number of rotatable bonds is 1. The molecule has 0 radical (unpaired) electrons. The summed E-state index contributed by atoms with van der Waals surface area (Å²) in [6, 6.07) is 10.1. The Labute approximate surface area is 134 Å². The molecule has 4 heteroatoms. The van der Waals surface area contributed by atoms with E-state index >= 15 is 0 Å². The first-order valence-corrected chi connectivity index (χ1v) is 7.22. The van der Waals surface area contributed by atoms with Crippen LogP contribution in [0.3, 0.4) is 0 Å². The van der Waals surface area contributed by atoms with Crippen molar-refractivity contribution in [1.29, 1.82) is 0 Å². The summed E-state index contributed by atoms with van der Waals surface area (Å²) in [4.78, 5) is 8.11. The van der Waals surface area contributed by atoms with Crippen LogP contribution in [0.1, 0.15) is 17.1 Å². The highest BCUT2D eigenvalue weighted by molar-refractivity contribution is 6.29. The molecule has 4 rings (SSSR count). The number of hydrogen-bond acceptors (Lipinski definition) is 2. The summed E-state index contributed by atoms with van der Waals surface area (Å²) >= 11 is 5.80. The molecule has 0 atom stereocenters. The smallest absolute Gasteiger partial charge is 0.131 e. The lowest BCUT2D eigenvalue weighted by Gasteiger charge is -2.17. The van der Waals surface area contributed by atoms with E-state index in [-0.39, 0.29) is 0 Å². The summed E-state index contributed by atoms with van der Waals surface area (Å²) in [5.41, 5.74) is 5.87. The van der Waals surface area contributed by atoms with Crippen molar-refractivity contribution in [2.24, 2.45) is 0 Å². The second-order valence-corrected chi connectivity index (χ2v) is 5.44. The van der Waals surface area contributed by atoms with Crippen LogP contribution >= 0.6 is 11.6 Å². The van der Waals surface area contributed by atoms with Gasteiger partial charge in [-0.05, 0) is 48.6 Å². The highest BCUT2D eigenvalue weighted by Gasteiger charge is 2.11. The standard InChI is InChI=1S/C11H8ClN3.C7H6/c1-3-9-7-15(8(2)14-9)10-4-5-13-11(12)6-10;1-5-4-6-2-3-7(5)6/h1,4-7H,2H3;2-4H,1H3. The number of fused-ring (bicyclic) bond motifs is 1. The molecular weight excluding hydrogens is 294 g/mol. The zero-order valence-electron chi connectivity index (χ0n) is 12.3. The number of halogens is 1. The van der Waals surface area contributed by atoms with Crippen molar-refractivity contribution in [1.82, 2.24) is 14.5 Å². The molecule has 2 aromatic heterocycles. The molecule has 108 valence electrons. The van der Waals surface area contributed by atoms with Crippen molar-refractivity contribution in [3.05, 3.63) is 65.0 Å². The Morgan fingerprint density at radius 2 is 2.00 bits per heavy atom. The third-order valence-corrected chi connectivity index (χ3v) is 3.76. The average Bonchev–Trinajstić information content (AvgIpc) is 2.86. The maximum Gasteiger partial charge on any atom is 0.131 e. The van der Waals surface area contributed by atoms with Crippen LogP contribution in [0.2, 0.25) is 5.15 Å². The van der Waals surface area contributed by atoms with E-state index in [4.69, 9.17) is 18.0 Å². The summed E-state index contributed by atoms with van der Waals surface area (Å²) in [5.74, 6) is 3.32. The van der Waals surface area contributed by atoms with Crippen LogP contribution in [0.4, 0.5) is 0 Å². The Morgan fingerprint density at radius 1 is 1.18 bits per heavy atom. The number of nitrogens with zero attached hydrogens (tertiary/aromatic N) is 3. The van der Waals surface area contributed by atoms with Crippen LogP contribution in [0.15, 0.2) is 42.7 Å². The molecule has 0 amide bonds. The van der Waals surface area contributed by atoms with Crippen molar-refractivity contribution in [3.63, 3.8) is 0 Å². The van der Waals surface area contributed by atoms with Gasteiger partial charge in [-0.2, -0.15) is 0 Å². The zero-order valence-corrected chi connectivity index (χ0v) is 13.1. The van der Waals surface area contributed by atoms with Crippen LogP contribution in [0.25, 0.3) is 16.8 Å². The Morgan fingerprint density at radius 3 is 2.41 bits per heavy atom. The van der Waals surface area contributed by atoms with Gasteiger partial charge in [0.2, 0.25) is 0 Å². The predicted octanol–water partition coefficient (Wildman–Crippen LogP) is 4.19. The lowest BCUT2D eigenvalue weighted by Crippen LogP contribution is -1.95. The van der Waals surface area contributed by atoms with Gasteiger partial charge in [0.05, 0.1) is 5.69 Å². The SMILES string of the molecule is C#Cc1cn(-c2ccnc(Cl)c2)c(C)n1.Cc1cc2ccc1-2. The Balaban J connectivity index is 0.000000169. The number of benzene rings is 1. The summed E-state index contributed by atoms with van der Waals surface area (Å²) in [7, 11) is 0. The minimum absolute atomic E-state index is 0.447. The van der Waals surface area contributed by atoms with Crippen LogP contribution in [0.5, 0.6) is 0 Å². The molecule has 0 saturated heterocycles. The second-order valence-electron chi connectivity index (χ2n) is 5.05. The Kier molecular flexibility index (Phi) is 3.70. The molecule has 0 aliphatic heterocycles. The van der Waals surface area contributed by atoms with Crippen LogP contribution in [-0.4, -0.2) is 14.5 Å². The van der Waals surface area contributed by atoms with Gasteiger partial charge in [0.25, 0.3) is 0 Å². The van der Waals surface area contributed by atoms with Crippen molar-refractivity contribution in [2.75, 3.05) is 0 Å². The molecule has 0 unspecified atom stereocenters. The number of terminal acetylenes is 1. The number of aromatic nitrogens is 3. The quantitative estimate of drug-likeness (QED) is 0.390. The van der Waals surface area contributed by atoms with Crippen LogP contribution in [-0.2, 0) is 0 Å². The molecule has 0 N–H and O–H groups in total. The minimum atomic E-state index is 0.447. The third kappa shape index (κ3) is 2.61. The van der Waals surface area contributed by atoms with Gasteiger partial charge in [0.1, 0.15) is 16.7 Å². The van der Waals surface area contributed by atoms with Crippen molar-refractivity contribution in [2.45, 2.75) is 13.8 Å². The molecule has 0 aromatic carbocycles. The normalized spacial score (nSPS) is 10.5. The minimum Gasteiger partial charge on any atom is -0.302 e. The van der Waals surface area contributed by atoms with Gasteiger partial charge >= 0.3 is 0 Å². The fraction of sp³-hybridized carbons (Fsp3) is 0.111. The van der Waals surface area contributed by atoms with E-state index in [0.717, 1.165) is 11.5 Å². The van der Waals surface area contributed by atoms with E-state index in [1.54, 1.807) is 18.5 Å². The first kappa shape index (κ1) is 14.4. The van der Waals surface area contributed by atoms with Crippen molar-refractivity contribution in [3.8, 4) is 29.2 Å². The molecule has 0 bridgehead atoms. The zero-order chi connectivity index (χ0) is 15.7. The lowest BCUT2D eigenvalue weighted by atomic mass is 9.88. The van der Waals surface area contributed by atoms with Crippen molar-refractivity contribution < 1.29 is 0 Å². The fourth-order valence-corrected chi connectivity index (χ4v) is 2.50. The van der Waals surface area contributed by atoms with Gasteiger partial charge in [-0.3, -0.25) is 0 Å². The molecule has 2 aliphatic carbocycles. The number of imidazole rings is 1. The molecule has 3 nitrogen and oxygen atoms in total. The molecule has 0 fully saturated rings. The summed E-state index contributed by atoms with van der Waals surface area (Å²) in [6.07, 6.45) is 8.71. The largest absolute Gasteiger partial charge is 0.302 e. The molecular formula is C18H14ClN3. The van der Waals surface area contributed by atoms with Crippen LogP contribution in [0, 0.1) is 26.2 Å². The molecule has 2 heterocycles. The summed E-state index contributed by atoms with van der Waals surface area (Å²) in [6.45, 7) is 4.03. The molecule has 2 aliphatic rings. The van der Waals surface area contributed by atoms with Gasteiger partial charge in [-0.15, -0.1) is 6.42 Å². The van der Waals surface area contributed by atoms with Gasteiger partial charge in [-0.1, -0.05) is 29.8 Å². The average molecular weight is 308 g/mol. The Bertz CT molecular complexity index is 888. The second kappa shape index (κ2) is 5.67. The fourth-order valence-electron chi connectivity index (χ4n) is 2.33. The number of pyridine rings is 1. The third-order valence-electron chi connectivity index (χ3n) is 3.56. The van der Waals surface area contributed by atoms with Gasteiger partial charge < -0.3 is 4.57 Å². The maximum absolute atomic E-state index is 5.80. The molecule has 0 spiro atoms. The summed E-state index contributed by atoms with van der Waals surface area (Å²) in [5, 5.41) is 0.447. The number of aryl methyl sites for hydroxylation is 2. The first-order valence-electron chi connectivity index (χ1n) is 6.84. The monoisotopic (exact) mass is 307 g/mol. The lowest BCUT2D eigenvalue weighted by molar-refractivity contribution is 0.970. The molecule has 0 saturated carbocycles. The topological polar surface area (TPSA) is 30.7 Å². The molecule has 22 heavy (non-hydrogen) atoms. The van der Waals surface area contributed by atoms with E-state index in [0.29, 0.717) is 10.8 Å². The van der Waals surface area contributed by atoms with Crippen molar-refractivity contribution >= 4 is 11.6 Å². The highest BCUT2D eigenvalue weighted by Crippen LogP contribution is 2.35.